The number of nitrogens with zero attached hydrogens (tertiary/aromatic N) is 1. The topological polar surface area (TPSA) is 52.6 Å². The molecule has 1 aromatic carbocycles. The Morgan fingerprint density at radius 2 is 2.07 bits per heavy atom. The summed E-state index contributed by atoms with van der Waals surface area (Å²) in [6.07, 6.45) is 0. The molecule has 0 unspecified atom stereocenters. The summed E-state index contributed by atoms with van der Waals surface area (Å²) in [5, 5.41) is 11.4. The standard InChI is InChI=1S/C11H16N2O2/c1-12-11(15)13(7-8-14)9-10-5-3-2-4-6-10/h2-6,14H,7-9H2,1H3,(H,12,15). The third kappa shape index (κ3) is 3.59. The molecule has 0 bridgehead atoms. The van der Waals surface area contributed by atoms with Crippen molar-refractivity contribution in [1.29, 1.82) is 0 Å². The van der Waals surface area contributed by atoms with E-state index in [1.165, 1.54) is 0 Å². The number of amides is 2. The molecule has 2 N–H and O–H groups in total. The highest BCUT2D eigenvalue weighted by Crippen LogP contribution is 2.03. The number of hydrogen-bond donors (Lipinski definition) is 2. The Balaban J connectivity index is 2.62. The van der Waals surface area contributed by atoms with Gasteiger partial charge in [0.2, 0.25) is 0 Å². The number of rotatable bonds is 4. The van der Waals surface area contributed by atoms with E-state index < -0.39 is 0 Å². The van der Waals surface area contributed by atoms with Gasteiger partial charge in [-0.25, -0.2) is 4.79 Å². The van der Waals surface area contributed by atoms with Gasteiger partial charge < -0.3 is 15.3 Å². The lowest BCUT2D eigenvalue weighted by Crippen LogP contribution is -2.39. The lowest BCUT2D eigenvalue weighted by atomic mass is 10.2. The van der Waals surface area contributed by atoms with Gasteiger partial charge in [-0.05, 0) is 5.56 Å². The third-order valence-electron chi connectivity index (χ3n) is 2.09. The maximum absolute atomic E-state index is 11.4. The Hall–Kier alpha value is -1.55. The number of aliphatic hydroxyl groups excluding tert-OH is 1. The number of aliphatic hydroxyl groups is 1. The fourth-order valence-corrected chi connectivity index (χ4v) is 1.34. The van der Waals surface area contributed by atoms with Crippen LogP contribution in [0.25, 0.3) is 0 Å². The van der Waals surface area contributed by atoms with Crippen LogP contribution < -0.4 is 5.32 Å². The first kappa shape index (κ1) is 11.5. The second-order valence-electron chi connectivity index (χ2n) is 3.19. The van der Waals surface area contributed by atoms with E-state index in [1.807, 2.05) is 30.3 Å². The Morgan fingerprint density at radius 1 is 1.40 bits per heavy atom. The van der Waals surface area contributed by atoms with E-state index in [1.54, 1.807) is 11.9 Å². The van der Waals surface area contributed by atoms with Crippen molar-refractivity contribution in [1.82, 2.24) is 10.2 Å². The first-order chi connectivity index (χ1) is 7.27. The molecule has 0 aliphatic heterocycles. The number of carbonyl (C=O) groups excluding carboxylic acids is 1. The zero-order chi connectivity index (χ0) is 11.1. The first-order valence-electron chi connectivity index (χ1n) is 4.89. The predicted molar refractivity (Wildman–Crippen MR) is 58.4 cm³/mol. The van der Waals surface area contributed by atoms with Crippen LogP contribution in [0.3, 0.4) is 0 Å². The third-order valence-corrected chi connectivity index (χ3v) is 2.09. The number of hydrogen-bond acceptors (Lipinski definition) is 2. The average Bonchev–Trinajstić information content (AvgIpc) is 2.29. The average molecular weight is 208 g/mol. The number of benzene rings is 1. The lowest BCUT2D eigenvalue weighted by Gasteiger charge is -2.21. The van der Waals surface area contributed by atoms with Crippen LogP contribution >= 0.6 is 0 Å². The minimum Gasteiger partial charge on any atom is -0.395 e. The molecule has 0 radical (unpaired) electrons. The highest BCUT2D eigenvalue weighted by molar-refractivity contribution is 5.73. The molecule has 15 heavy (non-hydrogen) atoms. The van der Waals surface area contributed by atoms with E-state index in [-0.39, 0.29) is 12.6 Å². The van der Waals surface area contributed by atoms with Gasteiger partial charge in [-0.1, -0.05) is 30.3 Å². The number of nitrogens with one attached hydrogen (secondary N) is 1. The van der Waals surface area contributed by atoms with Crippen LogP contribution in [0.4, 0.5) is 4.79 Å². The summed E-state index contributed by atoms with van der Waals surface area (Å²) in [5.74, 6) is 0. The van der Waals surface area contributed by atoms with Gasteiger partial charge in [0.1, 0.15) is 0 Å². The molecule has 0 spiro atoms. The lowest BCUT2D eigenvalue weighted by molar-refractivity contribution is 0.176. The van der Waals surface area contributed by atoms with Crippen LogP contribution in [-0.4, -0.2) is 36.2 Å². The first-order valence-corrected chi connectivity index (χ1v) is 4.89. The van der Waals surface area contributed by atoms with E-state index in [4.69, 9.17) is 5.11 Å². The van der Waals surface area contributed by atoms with Crippen molar-refractivity contribution in [3.05, 3.63) is 35.9 Å². The molecule has 0 aromatic heterocycles. The summed E-state index contributed by atoms with van der Waals surface area (Å²) in [6.45, 7) is 0.829. The largest absolute Gasteiger partial charge is 0.395 e. The second kappa shape index (κ2) is 6.03. The molecule has 0 atom stereocenters. The van der Waals surface area contributed by atoms with Gasteiger partial charge >= 0.3 is 6.03 Å². The Labute approximate surface area is 89.5 Å². The van der Waals surface area contributed by atoms with Crippen molar-refractivity contribution in [2.45, 2.75) is 6.54 Å². The number of urea groups is 1. The monoisotopic (exact) mass is 208 g/mol. The maximum atomic E-state index is 11.4. The minimum atomic E-state index is -0.173. The van der Waals surface area contributed by atoms with Crippen LogP contribution in [0.15, 0.2) is 30.3 Å². The summed E-state index contributed by atoms with van der Waals surface area (Å²) < 4.78 is 0. The van der Waals surface area contributed by atoms with Crippen LogP contribution in [-0.2, 0) is 6.54 Å². The molecule has 82 valence electrons. The van der Waals surface area contributed by atoms with Gasteiger partial charge in [-0.3, -0.25) is 0 Å². The zero-order valence-electron chi connectivity index (χ0n) is 8.81. The molecule has 0 fully saturated rings. The molecular formula is C11H16N2O2. The maximum Gasteiger partial charge on any atom is 0.317 e. The Bertz CT molecular complexity index is 301. The Kier molecular flexibility index (Phi) is 4.63. The summed E-state index contributed by atoms with van der Waals surface area (Å²) >= 11 is 0. The van der Waals surface area contributed by atoms with Crippen molar-refractivity contribution in [2.24, 2.45) is 0 Å². The fourth-order valence-electron chi connectivity index (χ4n) is 1.34. The van der Waals surface area contributed by atoms with E-state index in [2.05, 4.69) is 5.32 Å². The van der Waals surface area contributed by atoms with Crippen molar-refractivity contribution in [3.63, 3.8) is 0 Å². The molecule has 0 aliphatic carbocycles. The molecule has 2 amide bonds. The van der Waals surface area contributed by atoms with Crippen LogP contribution in [0.5, 0.6) is 0 Å². The van der Waals surface area contributed by atoms with Crippen molar-refractivity contribution in [3.8, 4) is 0 Å². The molecule has 1 rings (SSSR count). The second-order valence-corrected chi connectivity index (χ2v) is 3.19. The van der Waals surface area contributed by atoms with E-state index in [9.17, 15) is 4.79 Å². The molecular weight excluding hydrogens is 192 g/mol. The summed E-state index contributed by atoms with van der Waals surface area (Å²) in [7, 11) is 1.58. The van der Waals surface area contributed by atoms with Crippen LogP contribution in [0.2, 0.25) is 0 Å². The smallest absolute Gasteiger partial charge is 0.317 e. The molecule has 0 aliphatic rings. The molecule has 0 heterocycles. The molecule has 4 nitrogen and oxygen atoms in total. The number of carbonyl (C=O) groups is 1. The minimum absolute atomic E-state index is 0.0275. The summed E-state index contributed by atoms with van der Waals surface area (Å²) in [6, 6.07) is 9.51. The van der Waals surface area contributed by atoms with Gasteiger partial charge in [0.15, 0.2) is 0 Å². The predicted octanol–water partition coefficient (Wildman–Crippen LogP) is 0.820. The van der Waals surface area contributed by atoms with Gasteiger partial charge in [0.05, 0.1) is 6.61 Å². The molecule has 0 saturated carbocycles. The quantitative estimate of drug-likeness (QED) is 0.769. The van der Waals surface area contributed by atoms with Gasteiger partial charge in [-0.15, -0.1) is 0 Å². The van der Waals surface area contributed by atoms with Gasteiger partial charge in [-0.2, -0.15) is 0 Å². The van der Waals surface area contributed by atoms with Crippen molar-refractivity contribution in [2.75, 3.05) is 20.2 Å². The van der Waals surface area contributed by atoms with Crippen LogP contribution in [0.1, 0.15) is 5.56 Å². The Morgan fingerprint density at radius 3 is 2.60 bits per heavy atom. The summed E-state index contributed by atoms with van der Waals surface area (Å²) in [4.78, 5) is 13.0. The van der Waals surface area contributed by atoms with Crippen molar-refractivity contribution >= 4 is 6.03 Å². The van der Waals surface area contributed by atoms with E-state index in [0.29, 0.717) is 13.1 Å². The molecule has 0 saturated heterocycles. The highest BCUT2D eigenvalue weighted by Gasteiger charge is 2.10. The van der Waals surface area contributed by atoms with Gasteiger partial charge in [0.25, 0.3) is 0 Å². The molecule has 4 heteroatoms. The van der Waals surface area contributed by atoms with Gasteiger partial charge in [0, 0.05) is 20.1 Å². The van der Waals surface area contributed by atoms with Crippen molar-refractivity contribution < 1.29 is 9.90 Å². The zero-order valence-corrected chi connectivity index (χ0v) is 8.81. The normalized spacial score (nSPS) is 9.73. The van der Waals surface area contributed by atoms with E-state index >= 15 is 0 Å². The van der Waals surface area contributed by atoms with E-state index in [0.717, 1.165) is 5.56 Å². The SMILES string of the molecule is CNC(=O)N(CCO)Cc1ccccc1. The summed E-state index contributed by atoms with van der Waals surface area (Å²) in [5.41, 5.74) is 1.05. The highest BCUT2D eigenvalue weighted by atomic mass is 16.3. The van der Waals surface area contributed by atoms with Crippen LogP contribution in [0, 0.1) is 0 Å². The molecule has 1 aromatic rings. The fraction of sp³-hybridized carbons (Fsp3) is 0.364.